The third-order valence-electron chi connectivity index (χ3n) is 4.39. The number of hydrogen-bond acceptors (Lipinski definition) is 1. The zero-order valence-electron chi connectivity index (χ0n) is 13.5. The van der Waals surface area contributed by atoms with Crippen LogP contribution in [-0.4, -0.2) is 10.9 Å². The lowest BCUT2D eigenvalue weighted by Gasteiger charge is -2.05. The highest BCUT2D eigenvalue weighted by molar-refractivity contribution is 6.10. The molecule has 1 aromatic heterocycles. The van der Waals surface area contributed by atoms with Gasteiger partial charge in [0.25, 0.3) is 5.91 Å². The number of fused-ring (bicyclic) bond motifs is 3. The van der Waals surface area contributed by atoms with E-state index in [1.165, 1.54) is 21.9 Å². The molecule has 0 bridgehead atoms. The molecule has 0 atom stereocenters. The number of aromatic nitrogens is 1. The van der Waals surface area contributed by atoms with Crippen molar-refractivity contribution in [2.75, 3.05) is 5.32 Å². The van der Waals surface area contributed by atoms with Gasteiger partial charge in [0.05, 0.1) is 0 Å². The van der Waals surface area contributed by atoms with Crippen LogP contribution in [0.1, 0.15) is 22.8 Å². The summed E-state index contributed by atoms with van der Waals surface area (Å²) in [6.07, 6.45) is 0.988. The van der Waals surface area contributed by atoms with E-state index in [2.05, 4.69) is 41.5 Å². The van der Waals surface area contributed by atoms with E-state index >= 15 is 0 Å². The maximum atomic E-state index is 12.3. The normalized spacial score (nSPS) is 11.0. The molecule has 2 N–H and O–H groups in total. The molecule has 1 heterocycles. The summed E-state index contributed by atoms with van der Waals surface area (Å²) >= 11 is 0. The lowest BCUT2D eigenvalue weighted by atomic mass is 10.1. The van der Waals surface area contributed by atoms with Gasteiger partial charge in [0.2, 0.25) is 0 Å². The zero-order valence-corrected chi connectivity index (χ0v) is 13.5. The summed E-state index contributed by atoms with van der Waals surface area (Å²) in [5.41, 5.74) is 4.97. The molecule has 3 aromatic carbocycles. The van der Waals surface area contributed by atoms with Crippen LogP contribution >= 0.6 is 0 Å². The number of aromatic amines is 1. The molecule has 0 fully saturated rings. The van der Waals surface area contributed by atoms with Crippen LogP contribution < -0.4 is 5.32 Å². The Labute approximate surface area is 140 Å². The topological polar surface area (TPSA) is 44.9 Å². The van der Waals surface area contributed by atoms with Gasteiger partial charge in [-0.1, -0.05) is 49.4 Å². The Morgan fingerprint density at radius 3 is 2.58 bits per heavy atom. The van der Waals surface area contributed by atoms with Gasteiger partial charge in [0.1, 0.15) is 0 Å². The fraction of sp³-hybridized carbons (Fsp3) is 0.0952. The van der Waals surface area contributed by atoms with E-state index < -0.39 is 0 Å². The van der Waals surface area contributed by atoms with E-state index in [1.54, 1.807) is 0 Å². The summed E-state index contributed by atoms with van der Waals surface area (Å²) in [5.74, 6) is -0.0969. The van der Waals surface area contributed by atoms with Crippen LogP contribution in [0.3, 0.4) is 0 Å². The summed E-state index contributed by atoms with van der Waals surface area (Å²) in [6.45, 7) is 2.16. The third-order valence-corrected chi connectivity index (χ3v) is 4.39. The van der Waals surface area contributed by atoms with Crippen LogP contribution in [0.5, 0.6) is 0 Å². The molecule has 0 spiro atoms. The molecule has 1 amide bonds. The van der Waals surface area contributed by atoms with Crippen molar-refractivity contribution in [1.82, 2.24) is 4.98 Å². The number of benzene rings is 3. The molecule has 24 heavy (non-hydrogen) atoms. The van der Waals surface area contributed by atoms with Crippen molar-refractivity contribution in [1.29, 1.82) is 0 Å². The van der Waals surface area contributed by atoms with Crippen molar-refractivity contribution in [3.05, 3.63) is 77.9 Å². The molecular weight excluding hydrogens is 296 g/mol. The highest BCUT2D eigenvalue weighted by atomic mass is 16.1. The molecule has 0 unspecified atom stereocenters. The summed E-state index contributed by atoms with van der Waals surface area (Å²) < 4.78 is 0. The minimum atomic E-state index is -0.0969. The smallest absolute Gasteiger partial charge is 0.255 e. The van der Waals surface area contributed by atoms with Crippen LogP contribution in [0.25, 0.3) is 21.8 Å². The quantitative estimate of drug-likeness (QED) is 0.540. The van der Waals surface area contributed by atoms with Gasteiger partial charge in [0, 0.05) is 33.1 Å². The Bertz CT molecular complexity index is 1030. The number of anilines is 1. The second-order valence-corrected chi connectivity index (χ2v) is 5.90. The van der Waals surface area contributed by atoms with Gasteiger partial charge in [-0.25, -0.2) is 0 Å². The molecule has 3 heteroatoms. The lowest BCUT2D eigenvalue weighted by Crippen LogP contribution is -2.11. The average Bonchev–Trinajstić information content (AvgIpc) is 3.00. The number of rotatable bonds is 3. The first kappa shape index (κ1) is 14.5. The highest BCUT2D eigenvalue weighted by Crippen LogP contribution is 2.29. The minimum absolute atomic E-state index is 0.0969. The van der Waals surface area contributed by atoms with Crippen molar-refractivity contribution in [2.24, 2.45) is 0 Å². The first-order valence-corrected chi connectivity index (χ1v) is 8.16. The maximum absolute atomic E-state index is 12.3. The number of aryl methyl sites for hydroxylation is 1. The number of para-hydroxylation sites is 1. The molecule has 4 aromatic rings. The molecule has 118 valence electrons. The third kappa shape index (κ3) is 2.44. The van der Waals surface area contributed by atoms with E-state index in [0.717, 1.165) is 17.6 Å². The van der Waals surface area contributed by atoms with Gasteiger partial charge in [-0.3, -0.25) is 4.79 Å². The molecule has 4 rings (SSSR count). The van der Waals surface area contributed by atoms with Crippen LogP contribution in [0.2, 0.25) is 0 Å². The van der Waals surface area contributed by atoms with Crippen molar-refractivity contribution < 1.29 is 4.79 Å². The van der Waals surface area contributed by atoms with Crippen LogP contribution in [0, 0.1) is 0 Å². The summed E-state index contributed by atoms with van der Waals surface area (Å²) in [5, 5.41) is 5.37. The van der Waals surface area contributed by atoms with E-state index in [0.29, 0.717) is 5.56 Å². The standard InChI is InChI=1S/C21H18N2O/c1-2-14-9-6-10-18-17-12-11-16(13-19(17)23-20(14)18)22-21(24)15-7-4-3-5-8-15/h3-13,23H,2H2,1H3,(H,22,24). The lowest BCUT2D eigenvalue weighted by molar-refractivity contribution is 0.102. The molecule has 3 nitrogen and oxygen atoms in total. The molecule has 0 saturated heterocycles. The predicted molar refractivity (Wildman–Crippen MR) is 99.6 cm³/mol. The Morgan fingerprint density at radius 1 is 0.958 bits per heavy atom. The van der Waals surface area contributed by atoms with Crippen LogP contribution in [0.4, 0.5) is 5.69 Å². The Hall–Kier alpha value is -3.07. The monoisotopic (exact) mass is 314 g/mol. The van der Waals surface area contributed by atoms with Gasteiger partial charge < -0.3 is 10.3 Å². The largest absolute Gasteiger partial charge is 0.354 e. The molecule has 0 aliphatic heterocycles. The van der Waals surface area contributed by atoms with E-state index in [9.17, 15) is 4.79 Å². The second-order valence-electron chi connectivity index (χ2n) is 5.90. The maximum Gasteiger partial charge on any atom is 0.255 e. The average molecular weight is 314 g/mol. The molecule has 0 radical (unpaired) electrons. The second kappa shape index (κ2) is 5.85. The fourth-order valence-corrected chi connectivity index (χ4v) is 3.15. The van der Waals surface area contributed by atoms with Crippen LogP contribution in [-0.2, 0) is 6.42 Å². The summed E-state index contributed by atoms with van der Waals surface area (Å²) in [4.78, 5) is 15.8. The van der Waals surface area contributed by atoms with Gasteiger partial charge >= 0.3 is 0 Å². The van der Waals surface area contributed by atoms with Crippen LogP contribution in [0.15, 0.2) is 66.7 Å². The number of carbonyl (C=O) groups is 1. The predicted octanol–water partition coefficient (Wildman–Crippen LogP) is 5.14. The van der Waals surface area contributed by atoms with E-state index in [1.807, 2.05) is 42.5 Å². The van der Waals surface area contributed by atoms with Crippen molar-refractivity contribution in [2.45, 2.75) is 13.3 Å². The highest BCUT2D eigenvalue weighted by Gasteiger charge is 2.09. The van der Waals surface area contributed by atoms with E-state index in [-0.39, 0.29) is 5.91 Å². The van der Waals surface area contributed by atoms with Gasteiger partial charge in [-0.2, -0.15) is 0 Å². The number of hydrogen-bond donors (Lipinski definition) is 2. The zero-order chi connectivity index (χ0) is 16.5. The number of amides is 1. The van der Waals surface area contributed by atoms with E-state index in [4.69, 9.17) is 0 Å². The Kier molecular flexibility index (Phi) is 3.54. The van der Waals surface area contributed by atoms with Crippen molar-refractivity contribution in [3.63, 3.8) is 0 Å². The molecule has 0 saturated carbocycles. The number of carbonyl (C=O) groups excluding carboxylic acids is 1. The van der Waals surface area contributed by atoms with Crippen molar-refractivity contribution >= 4 is 33.4 Å². The SMILES string of the molecule is CCc1cccc2c1[nH]c1cc(NC(=O)c3ccccc3)ccc12. The first-order chi connectivity index (χ1) is 11.8. The minimum Gasteiger partial charge on any atom is -0.354 e. The first-order valence-electron chi connectivity index (χ1n) is 8.16. The van der Waals surface area contributed by atoms with Gasteiger partial charge in [-0.15, -0.1) is 0 Å². The molecular formula is C21H18N2O. The summed E-state index contributed by atoms with van der Waals surface area (Å²) in [7, 11) is 0. The van der Waals surface area contributed by atoms with Gasteiger partial charge in [0.15, 0.2) is 0 Å². The van der Waals surface area contributed by atoms with Gasteiger partial charge in [-0.05, 0) is 36.2 Å². The number of H-pyrrole nitrogens is 1. The summed E-state index contributed by atoms with van der Waals surface area (Å²) in [6, 6.07) is 21.6. The fourth-order valence-electron chi connectivity index (χ4n) is 3.15. The van der Waals surface area contributed by atoms with Crippen molar-refractivity contribution in [3.8, 4) is 0 Å². The molecule has 0 aliphatic rings. The Morgan fingerprint density at radius 2 is 1.79 bits per heavy atom. The Balaban J connectivity index is 1.73. The molecule has 0 aliphatic carbocycles. The number of nitrogens with one attached hydrogen (secondary N) is 2.